The van der Waals surface area contributed by atoms with Gasteiger partial charge < -0.3 is 5.32 Å². The summed E-state index contributed by atoms with van der Waals surface area (Å²) >= 11 is 0. The van der Waals surface area contributed by atoms with Gasteiger partial charge in [0.05, 0.1) is 23.0 Å². The van der Waals surface area contributed by atoms with Crippen LogP contribution in [0.25, 0.3) is 5.82 Å². The molecule has 0 bridgehead atoms. The molecule has 1 fully saturated rings. The van der Waals surface area contributed by atoms with E-state index in [1.165, 1.54) is 21.8 Å². The Kier molecular flexibility index (Phi) is 6.42. The molecule has 0 unspecified atom stereocenters. The van der Waals surface area contributed by atoms with Crippen LogP contribution in [0.3, 0.4) is 0 Å². The average molecular weight is 437 g/mol. The van der Waals surface area contributed by atoms with Gasteiger partial charge in [-0.1, -0.05) is 13.8 Å². The van der Waals surface area contributed by atoms with Gasteiger partial charge in [0.25, 0.3) is 5.91 Å². The zero-order chi connectivity index (χ0) is 22.8. The van der Waals surface area contributed by atoms with Crippen molar-refractivity contribution in [2.75, 3.05) is 13.1 Å². The summed E-state index contributed by atoms with van der Waals surface area (Å²) in [6.07, 6.45) is -1.57. The lowest BCUT2D eigenvalue weighted by Gasteiger charge is -2.15. The van der Waals surface area contributed by atoms with Gasteiger partial charge in [0.2, 0.25) is 11.8 Å². The SMILES string of the molecule is CC(C)c1c(C(=O)NCCCN2C(=O)CCC2=O)cnn1-c1ccc(C(F)(F)F)cn1. The molecule has 0 saturated carbocycles. The third kappa shape index (κ3) is 4.92. The minimum absolute atomic E-state index is 0.160. The first-order valence-corrected chi connectivity index (χ1v) is 9.82. The van der Waals surface area contributed by atoms with Gasteiger partial charge >= 0.3 is 6.18 Å². The van der Waals surface area contributed by atoms with Crippen LogP contribution in [0.5, 0.6) is 0 Å². The second-order valence-electron chi connectivity index (χ2n) is 7.46. The monoisotopic (exact) mass is 437 g/mol. The molecule has 0 atom stereocenters. The fourth-order valence-electron chi connectivity index (χ4n) is 3.36. The van der Waals surface area contributed by atoms with E-state index in [9.17, 15) is 27.6 Å². The number of amides is 3. The number of alkyl halides is 3. The van der Waals surface area contributed by atoms with Crippen LogP contribution in [-0.4, -0.2) is 50.5 Å². The summed E-state index contributed by atoms with van der Waals surface area (Å²) in [7, 11) is 0. The highest BCUT2D eigenvalue weighted by molar-refractivity contribution is 6.01. The maximum absolute atomic E-state index is 12.8. The molecule has 3 amide bonds. The topological polar surface area (TPSA) is 97.2 Å². The van der Waals surface area contributed by atoms with E-state index in [1.807, 2.05) is 13.8 Å². The Hall–Kier alpha value is -3.24. The second kappa shape index (κ2) is 8.86. The largest absolute Gasteiger partial charge is 0.417 e. The van der Waals surface area contributed by atoms with Gasteiger partial charge in [0.1, 0.15) is 0 Å². The van der Waals surface area contributed by atoms with Gasteiger partial charge in [-0.25, -0.2) is 9.67 Å². The van der Waals surface area contributed by atoms with Crippen LogP contribution in [0.4, 0.5) is 13.2 Å². The second-order valence-corrected chi connectivity index (χ2v) is 7.46. The van der Waals surface area contributed by atoms with Gasteiger partial charge in [-0.3, -0.25) is 19.3 Å². The number of likely N-dealkylation sites (tertiary alicyclic amines) is 1. The Balaban J connectivity index is 1.69. The van der Waals surface area contributed by atoms with Gasteiger partial charge in [0.15, 0.2) is 5.82 Å². The summed E-state index contributed by atoms with van der Waals surface area (Å²) < 4.78 is 39.7. The van der Waals surface area contributed by atoms with Crippen LogP contribution in [0.15, 0.2) is 24.5 Å². The van der Waals surface area contributed by atoms with E-state index in [4.69, 9.17) is 0 Å². The lowest BCUT2D eigenvalue weighted by molar-refractivity contribution is -0.139. The van der Waals surface area contributed by atoms with Gasteiger partial charge in [-0.15, -0.1) is 0 Å². The molecular formula is C20H22F3N5O3. The Morgan fingerprint density at radius 2 is 1.84 bits per heavy atom. The van der Waals surface area contributed by atoms with E-state index in [0.717, 1.165) is 12.3 Å². The van der Waals surface area contributed by atoms with Crippen molar-refractivity contribution in [2.24, 2.45) is 0 Å². The number of halogens is 3. The van der Waals surface area contributed by atoms with Crippen LogP contribution in [0, 0.1) is 0 Å². The molecule has 1 saturated heterocycles. The summed E-state index contributed by atoms with van der Waals surface area (Å²) in [6, 6.07) is 2.11. The fourth-order valence-corrected chi connectivity index (χ4v) is 3.36. The molecule has 3 heterocycles. The number of pyridine rings is 1. The number of hydrogen-bond acceptors (Lipinski definition) is 5. The maximum Gasteiger partial charge on any atom is 0.417 e. The molecule has 1 aliphatic heterocycles. The smallest absolute Gasteiger partial charge is 0.352 e. The molecule has 31 heavy (non-hydrogen) atoms. The molecule has 3 rings (SSSR count). The first-order valence-electron chi connectivity index (χ1n) is 9.82. The fraction of sp³-hybridized carbons (Fsp3) is 0.450. The van der Waals surface area contributed by atoms with Crippen molar-refractivity contribution in [2.45, 2.75) is 45.2 Å². The third-order valence-corrected chi connectivity index (χ3v) is 4.89. The first-order chi connectivity index (χ1) is 14.6. The lowest BCUT2D eigenvalue weighted by Crippen LogP contribution is -2.33. The minimum atomic E-state index is -4.49. The van der Waals surface area contributed by atoms with Crippen LogP contribution in [-0.2, 0) is 15.8 Å². The molecule has 8 nitrogen and oxygen atoms in total. The van der Waals surface area contributed by atoms with Crippen molar-refractivity contribution in [3.05, 3.63) is 41.3 Å². The molecule has 1 N–H and O–H groups in total. The van der Waals surface area contributed by atoms with Gasteiger partial charge in [0, 0.05) is 32.1 Å². The highest BCUT2D eigenvalue weighted by Gasteiger charge is 2.31. The van der Waals surface area contributed by atoms with Crippen LogP contribution < -0.4 is 5.32 Å². The number of aromatic nitrogens is 3. The molecule has 0 aromatic carbocycles. The number of carbonyl (C=O) groups excluding carboxylic acids is 3. The highest BCUT2D eigenvalue weighted by Crippen LogP contribution is 2.29. The van der Waals surface area contributed by atoms with Crippen molar-refractivity contribution < 1.29 is 27.6 Å². The number of rotatable bonds is 7. The molecule has 2 aromatic rings. The number of nitrogens with zero attached hydrogens (tertiary/aromatic N) is 4. The standard InChI is InChI=1S/C20H22F3N5O3/c1-12(2)18-14(19(31)24-8-3-9-27-16(29)6-7-17(27)30)11-26-28(18)15-5-4-13(10-25-15)20(21,22)23/h4-5,10-12H,3,6-9H2,1-2H3,(H,24,31). The van der Waals surface area contributed by atoms with E-state index in [0.29, 0.717) is 12.1 Å². The Morgan fingerprint density at radius 1 is 1.16 bits per heavy atom. The van der Waals surface area contributed by atoms with Gasteiger partial charge in [-0.2, -0.15) is 18.3 Å². The number of hydrogen-bond donors (Lipinski definition) is 1. The average Bonchev–Trinajstić information content (AvgIpc) is 3.29. The van der Waals surface area contributed by atoms with E-state index in [1.54, 1.807) is 0 Å². The summed E-state index contributed by atoms with van der Waals surface area (Å²) in [5.41, 5.74) is -0.0814. The van der Waals surface area contributed by atoms with E-state index < -0.39 is 17.6 Å². The van der Waals surface area contributed by atoms with Crippen molar-refractivity contribution in [3.63, 3.8) is 0 Å². The molecule has 2 aromatic heterocycles. The summed E-state index contributed by atoms with van der Waals surface area (Å²) in [5, 5.41) is 6.88. The molecule has 0 radical (unpaired) electrons. The molecule has 1 aliphatic rings. The zero-order valence-electron chi connectivity index (χ0n) is 17.1. The molecule has 0 aliphatic carbocycles. The quantitative estimate of drug-likeness (QED) is 0.531. The summed E-state index contributed by atoms with van der Waals surface area (Å²) in [6.45, 7) is 4.15. The normalized spacial score (nSPS) is 14.6. The van der Waals surface area contributed by atoms with Crippen molar-refractivity contribution >= 4 is 17.7 Å². The Labute approximate surface area is 176 Å². The Morgan fingerprint density at radius 3 is 2.39 bits per heavy atom. The summed E-state index contributed by atoms with van der Waals surface area (Å²) in [4.78, 5) is 40.9. The van der Waals surface area contributed by atoms with Crippen LogP contribution in [0.2, 0.25) is 0 Å². The van der Waals surface area contributed by atoms with Crippen molar-refractivity contribution in [1.82, 2.24) is 25.0 Å². The highest BCUT2D eigenvalue weighted by atomic mass is 19.4. The Bertz CT molecular complexity index is 967. The van der Waals surface area contributed by atoms with E-state index in [-0.39, 0.29) is 55.0 Å². The zero-order valence-corrected chi connectivity index (χ0v) is 17.1. The molecule has 0 spiro atoms. The van der Waals surface area contributed by atoms with E-state index in [2.05, 4.69) is 15.4 Å². The lowest BCUT2D eigenvalue weighted by atomic mass is 10.1. The molecule has 166 valence electrons. The predicted molar refractivity (Wildman–Crippen MR) is 103 cm³/mol. The van der Waals surface area contributed by atoms with Gasteiger partial charge in [-0.05, 0) is 24.5 Å². The van der Waals surface area contributed by atoms with Crippen molar-refractivity contribution in [3.8, 4) is 5.82 Å². The first kappa shape index (κ1) is 22.4. The maximum atomic E-state index is 12.8. The molecular weight excluding hydrogens is 415 g/mol. The predicted octanol–water partition coefficient (Wildman–Crippen LogP) is 2.68. The van der Waals surface area contributed by atoms with Crippen LogP contribution in [0.1, 0.15) is 60.6 Å². The summed E-state index contributed by atoms with van der Waals surface area (Å²) in [5.74, 6) is -0.803. The third-order valence-electron chi connectivity index (χ3n) is 4.89. The minimum Gasteiger partial charge on any atom is -0.352 e. The number of carbonyl (C=O) groups is 3. The molecule has 11 heteroatoms. The van der Waals surface area contributed by atoms with E-state index >= 15 is 0 Å². The van der Waals surface area contributed by atoms with Crippen molar-refractivity contribution in [1.29, 1.82) is 0 Å². The van der Waals surface area contributed by atoms with Crippen LogP contribution >= 0.6 is 0 Å². The number of imide groups is 1. The number of nitrogens with one attached hydrogen (secondary N) is 1.